The van der Waals surface area contributed by atoms with Crippen molar-refractivity contribution in [3.8, 4) is 5.75 Å². The van der Waals surface area contributed by atoms with E-state index >= 15 is 0 Å². The number of hydrogen-bond donors (Lipinski definition) is 1. The van der Waals surface area contributed by atoms with Gasteiger partial charge in [-0.25, -0.2) is 4.68 Å². The van der Waals surface area contributed by atoms with Gasteiger partial charge < -0.3 is 10.1 Å². The Balaban J connectivity index is 2.06. The molecule has 94 valence electrons. The van der Waals surface area contributed by atoms with E-state index in [2.05, 4.69) is 27.4 Å². The molecule has 0 bridgehead atoms. The molecule has 18 heavy (non-hydrogen) atoms. The highest BCUT2D eigenvalue weighted by molar-refractivity contribution is 5.36. The molecule has 0 fully saturated rings. The van der Waals surface area contributed by atoms with Crippen LogP contribution in [0, 0.1) is 0 Å². The van der Waals surface area contributed by atoms with Crippen LogP contribution in [0.2, 0.25) is 0 Å². The van der Waals surface area contributed by atoms with Crippen molar-refractivity contribution in [3.63, 3.8) is 0 Å². The summed E-state index contributed by atoms with van der Waals surface area (Å²) in [5.41, 5.74) is 1.05. The third kappa shape index (κ3) is 2.65. The molecule has 0 saturated heterocycles. The molecule has 1 aromatic carbocycles. The number of ether oxygens (including phenoxy) is 1. The van der Waals surface area contributed by atoms with E-state index in [1.165, 1.54) is 0 Å². The number of anilines is 1. The van der Waals surface area contributed by atoms with Crippen LogP contribution in [0.25, 0.3) is 0 Å². The average Bonchev–Trinajstić information content (AvgIpc) is 2.84. The fourth-order valence-electron chi connectivity index (χ4n) is 1.60. The summed E-state index contributed by atoms with van der Waals surface area (Å²) < 4.78 is 6.92. The van der Waals surface area contributed by atoms with Crippen molar-refractivity contribution < 1.29 is 4.74 Å². The zero-order valence-corrected chi connectivity index (χ0v) is 10.2. The van der Waals surface area contributed by atoms with Gasteiger partial charge in [-0.2, -0.15) is 0 Å². The minimum Gasteiger partial charge on any atom is -0.496 e. The predicted octanol–water partition coefficient (Wildman–Crippen LogP) is 1.48. The van der Waals surface area contributed by atoms with Gasteiger partial charge in [0.15, 0.2) is 0 Å². The summed E-state index contributed by atoms with van der Waals surface area (Å²) >= 11 is 0. The minimum atomic E-state index is 0.571. The van der Waals surface area contributed by atoms with E-state index in [-0.39, 0.29) is 0 Å². The summed E-state index contributed by atoms with van der Waals surface area (Å²) in [5.74, 6) is 1.45. The lowest BCUT2D eigenvalue weighted by Gasteiger charge is -2.09. The third-order valence-electron chi connectivity index (χ3n) is 2.46. The summed E-state index contributed by atoms with van der Waals surface area (Å²) in [6, 6.07) is 7.81. The van der Waals surface area contributed by atoms with Crippen LogP contribution in [-0.4, -0.2) is 27.3 Å². The second-order valence-corrected chi connectivity index (χ2v) is 3.64. The van der Waals surface area contributed by atoms with E-state index < -0.39 is 0 Å². The fraction of sp³-hybridized carbons (Fsp3) is 0.250. The number of aromatic nitrogens is 4. The van der Waals surface area contributed by atoms with Crippen LogP contribution >= 0.6 is 0 Å². The molecule has 1 aromatic heterocycles. The monoisotopic (exact) mass is 245 g/mol. The van der Waals surface area contributed by atoms with E-state index in [0.29, 0.717) is 19.0 Å². The molecule has 1 N–H and O–H groups in total. The molecule has 1 heterocycles. The van der Waals surface area contributed by atoms with E-state index in [4.69, 9.17) is 4.74 Å². The maximum Gasteiger partial charge on any atom is 0.243 e. The summed E-state index contributed by atoms with van der Waals surface area (Å²) in [5, 5.41) is 14.5. The minimum absolute atomic E-state index is 0.571. The highest BCUT2D eigenvalue weighted by atomic mass is 16.5. The lowest BCUT2D eigenvalue weighted by atomic mass is 10.2. The van der Waals surface area contributed by atoms with Crippen LogP contribution in [0.4, 0.5) is 5.95 Å². The number of rotatable bonds is 6. The fourth-order valence-corrected chi connectivity index (χ4v) is 1.60. The van der Waals surface area contributed by atoms with Crippen LogP contribution in [-0.2, 0) is 13.1 Å². The highest BCUT2D eigenvalue weighted by Gasteiger charge is 2.06. The number of tetrazole rings is 1. The van der Waals surface area contributed by atoms with Crippen LogP contribution in [0.1, 0.15) is 5.56 Å². The van der Waals surface area contributed by atoms with Crippen molar-refractivity contribution in [2.75, 3.05) is 12.4 Å². The first-order valence-electron chi connectivity index (χ1n) is 5.58. The first-order chi connectivity index (χ1) is 8.85. The number of nitrogens with zero attached hydrogens (tertiary/aromatic N) is 4. The van der Waals surface area contributed by atoms with Crippen LogP contribution in [0.3, 0.4) is 0 Å². The Morgan fingerprint density at radius 2 is 2.28 bits per heavy atom. The van der Waals surface area contributed by atoms with Crippen molar-refractivity contribution in [3.05, 3.63) is 42.5 Å². The second-order valence-electron chi connectivity index (χ2n) is 3.64. The molecule has 0 aliphatic heterocycles. The van der Waals surface area contributed by atoms with E-state index in [9.17, 15) is 0 Å². The largest absolute Gasteiger partial charge is 0.496 e. The molecular weight excluding hydrogens is 230 g/mol. The molecule has 0 spiro atoms. The van der Waals surface area contributed by atoms with Crippen molar-refractivity contribution in [2.24, 2.45) is 0 Å². The topological polar surface area (TPSA) is 64.9 Å². The lowest BCUT2D eigenvalue weighted by molar-refractivity contribution is 0.410. The summed E-state index contributed by atoms with van der Waals surface area (Å²) in [4.78, 5) is 0. The zero-order chi connectivity index (χ0) is 12.8. The Morgan fingerprint density at radius 1 is 1.44 bits per heavy atom. The van der Waals surface area contributed by atoms with Crippen LogP contribution in [0.15, 0.2) is 36.9 Å². The SMILES string of the molecule is C=CCn1nnnc1NCc1ccccc1OC. The van der Waals surface area contributed by atoms with Crippen molar-refractivity contribution >= 4 is 5.95 Å². The Bertz CT molecular complexity index is 523. The van der Waals surface area contributed by atoms with Gasteiger partial charge in [-0.1, -0.05) is 29.4 Å². The molecule has 6 heteroatoms. The Kier molecular flexibility index (Phi) is 3.90. The van der Waals surface area contributed by atoms with Crippen molar-refractivity contribution in [1.29, 1.82) is 0 Å². The maximum atomic E-state index is 5.28. The molecule has 0 aliphatic carbocycles. The van der Waals surface area contributed by atoms with Gasteiger partial charge in [0.1, 0.15) is 5.75 Å². The van der Waals surface area contributed by atoms with Gasteiger partial charge in [-0.15, -0.1) is 6.58 Å². The molecule has 2 aromatic rings. The van der Waals surface area contributed by atoms with Crippen LogP contribution < -0.4 is 10.1 Å². The molecule has 0 saturated carbocycles. The normalized spacial score (nSPS) is 10.1. The van der Waals surface area contributed by atoms with Gasteiger partial charge >= 0.3 is 0 Å². The van der Waals surface area contributed by atoms with Gasteiger partial charge in [0.05, 0.1) is 13.7 Å². The average molecular weight is 245 g/mol. The van der Waals surface area contributed by atoms with E-state index in [0.717, 1.165) is 11.3 Å². The number of hydrogen-bond acceptors (Lipinski definition) is 5. The molecule has 0 amide bonds. The molecule has 0 unspecified atom stereocenters. The second kappa shape index (κ2) is 5.81. The highest BCUT2D eigenvalue weighted by Crippen LogP contribution is 2.18. The molecule has 6 nitrogen and oxygen atoms in total. The Hall–Kier alpha value is -2.37. The molecule has 2 rings (SSSR count). The first-order valence-corrected chi connectivity index (χ1v) is 5.58. The Labute approximate surface area is 105 Å². The predicted molar refractivity (Wildman–Crippen MR) is 68.3 cm³/mol. The number of para-hydroxylation sites is 1. The van der Waals surface area contributed by atoms with Gasteiger partial charge in [-0.3, -0.25) is 0 Å². The molecule has 0 aliphatic rings. The first kappa shape index (κ1) is 12.1. The maximum absolute atomic E-state index is 5.28. The quantitative estimate of drug-likeness (QED) is 0.781. The standard InChI is InChI=1S/C12H15N5O/c1-3-8-17-12(14-15-16-17)13-9-10-6-4-5-7-11(10)18-2/h3-7H,1,8-9H2,2H3,(H,13,14,16). The van der Waals surface area contributed by atoms with E-state index in [1.54, 1.807) is 17.9 Å². The number of nitrogens with one attached hydrogen (secondary N) is 1. The number of methoxy groups -OCH3 is 1. The van der Waals surface area contributed by atoms with E-state index in [1.807, 2.05) is 24.3 Å². The summed E-state index contributed by atoms with van der Waals surface area (Å²) in [7, 11) is 1.65. The smallest absolute Gasteiger partial charge is 0.243 e. The molecule has 0 atom stereocenters. The van der Waals surface area contributed by atoms with Gasteiger partial charge in [-0.05, 0) is 16.5 Å². The summed E-state index contributed by atoms with van der Waals surface area (Å²) in [6.45, 7) is 4.83. The van der Waals surface area contributed by atoms with Crippen LogP contribution in [0.5, 0.6) is 5.75 Å². The lowest BCUT2D eigenvalue weighted by Crippen LogP contribution is -2.08. The van der Waals surface area contributed by atoms with Gasteiger partial charge in [0.2, 0.25) is 5.95 Å². The third-order valence-corrected chi connectivity index (χ3v) is 2.46. The molecular formula is C12H15N5O. The summed E-state index contributed by atoms with van der Waals surface area (Å²) in [6.07, 6.45) is 1.74. The van der Waals surface area contributed by atoms with Crippen molar-refractivity contribution in [2.45, 2.75) is 13.1 Å². The number of allylic oxidation sites excluding steroid dienone is 1. The molecule has 0 radical (unpaired) electrons. The van der Waals surface area contributed by atoms with Crippen molar-refractivity contribution in [1.82, 2.24) is 20.2 Å². The van der Waals surface area contributed by atoms with Gasteiger partial charge in [0.25, 0.3) is 0 Å². The van der Waals surface area contributed by atoms with Gasteiger partial charge in [0, 0.05) is 12.1 Å². The zero-order valence-electron chi connectivity index (χ0n) is 10.2. The Morgan fingerprint density at radius 3 is 3.06 bits per heavy atom. The number of benzene rings is 1.